The molecule has 0 aromatic rings. The fourth-order valence-corrected chi connectivity index (χ4v) is 2.83. The van der Waals surface area contributed by atoms with Crippen LogP contribution in [0.5, 0.6) is 0 Å². The molecule has 154 valence electrons. The van der Waals surface area contributed by atoms with Gasteiger partial charge in [0.1, 0.15) is 24.4 Å². The summed E-state index contributed by atoms with van der Waals surface area (Å²) in [5.74, 6) is -0.357. The molecule has 1 rings (SSSR count). The number of aliphatic hydroxyl groups is 4. The van der Waals surface area contributed by atoms with Crippen molar-refractivity contribution < 1.29 is 34.8 Å². The molecule has 1 heterocycles. The van der Waals surface area contributed by atoms with Gasteiger partial charge in [0.05, 0.1) is 6.61 Å². The van der Waals surface area contributed by atoms with Crippen LogP contribution in [0.4, 0.5) is 0 Å². The monoisotopic (exact) mass is 378 g/mol. The lowest BCUT2D eigenvalue weighted by Gasteiger charge is -2.39. The number of carbonyl (C=O) groups excluding carboxylic acids is 1. The van der Waals surface area contributed by atoms with E-state index < -0.39 is 37.3 Å². The summed E-state index contributed by atoms with van der Waals surface area (Å²) >= 11 is 0. The highest BCUT2D eigenvalue weighted by molar-refractivity contribution is 5.74. The Kier molecular flexibility index (Phi) is 11.9. The van der Waals surface area contributed by atoms with Crippen molar-refractivity contribution in [1.29, 1.82) is 0 Å². The molecule has 7 N–H and O–H groups in total. The van der Waals surface area contributed by atoms with Gasteiger partial charge in [0.15, 0.2) is 0 Å². The van der Waals surface area contributed by atoms with Gasteiger partial charge < -0.3 is 30.9 Å². The highest BCUT2D eigenvalue weighted by Crippen LogP contribution is 2.21. The van der Waals surface area contributed by atoms with E-state index in [1.54, 1.807) is 0 Å². The van der Waals surface area contributed by atoms with Gasteiger partial charge in [-0.2, -0.15) is 0 Å². The van der Waals surface area contributed by atoms with Crippen molar-refractivity contribution in [3.8, 4) is 0 Å². The lowest BCUT2D eigenvalue weighted by Crippen LogP contribution is -2.60. The van der Waals surface area contributed by atoms with E-state index in [9.17, 15) is 20.1 Å². The quantitative estimate of drug-likeness (QED) is 0.182. The first-order valence-corrected chi connectivity index (χ1v) is 9.46. The van der Waals surface area contributed by atoms with E-state index in [0.717, 1.165) is 38.6 Å². The molecule has 9 heteroatoms. The van der Waals surface area contributed by atoms with Crippen LogP contribution in [0, 0.1) is 0 Å². The number of aliphatic hydroxyl groups excluding tert-OH is 4. The molecule has 0 unspecified atom stereocenters. The van der Waals surface area contributed by atoms with Gasteiger partial charge in [0, 0.05) is 6.42 Å². The maximum atomic E-state index is 11.7. The van der Waals surface area contributed by atoms with Gasteiger partial charge >= 0.3 is 0 Å². The fraction of sp³-hybridized carbons (Fsp3) is 0.941. The average Bonchev–Trinajstić information content (AvgIpc) is 2.64. The maximum Gasteiger partial charge on any atom is 0.243 e. The highest BCUT2D eigenvalue weighted by atomic mass is 16.8. The van der Waals surface area contributed by atoms with Crippen LogP contribution in [0.15, 0.2) is 0 Å². The third kappa shape index (κ3) is 8.26. The van der Waals surface area contributed by atoms with Gasteiger partial charge in [-0.15, -0.1) is 0 Å². The summed E-state index contributed by atoms with van der Waals surface area (Å²) in [6.45, 7) is 0.200. The molecule has 1 saturated heterocycles. The van der Waals surface area contributed by atoms with Crippen molar-refractivity contribution in [2.75, 3.05) is 13.2 Å². The van der Waals surface area contributed by atoms with E-state index in [4.69, 9.17) is 20.4 Å². The number of nitrogens with two attached hydrogens (primary N) is 1. The molecule has 1 aliphatic heterocycles. The Morgan fingerprint density at radius 1 is 0.923 bits per heavy atom. The molecule has 0 radical (unpaired) electrons. The zero-order valence-corrected chi connectivity index (χ0v) is 15.3. The number of rotatable bonds is 13. The molecular weight excluding hydrogens is 344 g/mol. The molecule has 0 aromatic heterocycles. The summed E-state index contributed by atoms with van der Waals surface area (Å²) < 4.78 is 5.12. The Morgan fingerprint density at radius 3 is 2.08 bits per heavy atom. The normalized spacial score (nSPS) is 28.9. The number of hydroxylamine groups is 1. The molecule has 0 bridgehead atoms. The Bertz CT molecular complexity index is 384. The van der Waals surface area contributed by atoms with Crippen LogP contribution in [0.3, 0.4) is 0 Å². The molecule has 0 aliphatic carbocycles. The van der Waals surface area contributed by atoms with Gasteiger partial charge in [-0.25, -0.2) is 10.3 Å². The van der Waals surface area contributed by atoms with Gasteiger partial charge in [-0.05, 0) is 19.4 Å². The van der Waals surface area contributed by atoms with E-state index in [0.29, 0.717) is 0 Å². The van der Waals surface area contributed by atoms with Gasteiger partial charge in [-0.1, -0.05) is 38.5 Å². The third-order valence-electron chi connectivity index (χ3n) is 4.50. The first kappa shape index (κ1) is 23.2. The number of hydrogen-bond donors (Lipinski definition) is 6. The molecule has 0 spiro atoms. The van der Waals surface area contributed by atoms with Crippen molar-refractivity contribution in [2.24, 2.45) is 5.73 Å². The van der Waals surface area contributed by atoms with Crippen LogP contribution in [0.25, 0.3) is 0 Å². The second-order valence-electron chi connectivity index (χ2n) is 6.71. The Hall–Kier alpha value is -0.810. The molecule has 0 saturated carbocycles. The average molecular weight is 378 g/mol. The largest absolute Gasteiger partial charge is 0.394 e. The maximum absolute atomic E-state index is 11.7. The molecule has 0 aromatic carbocycles. The van der Waals surface area contributed by atoms with E-state index >= 15 is 0 Å². The predicted octanol–water partition coefficient (Wildman–Crippen LogP) is -0.696. The summed E-state index contributed by atoms with van der Waals surface area (Å²) in [5.41, 5.74) is 7.62. The summed E-state index contributed by atoms with van der Waals surface area (Å²) in [5, 5.41) is 38.2. The Morgan fingerprint density at radius 2 is 1.50 bits per heavy atom. The van der Waals surface area contributed by atoms with Crippen molar-refractivity contribution in [1.82, 2.24) is 5.48 Å². The fourth-order valence-electron chi connectivity index (χ4n) is 2.83. The van der Waals surface area contributed by atoms with Crippen LogP contribution in [0.1, 0.15) is 57.8 Å². The van der Waals surface area contributed by atoms with Gasteiger partial charge in [-0.3, -0.25) is 4.79 Å². The third-order valence-corrected chi connectivity index (χ3v) is 4.50. The second-order valence-corrected chi connectivity index (χ2v) is 6.71. The molecule has 26 heavy (non-hydrogen) atoms. The Labute approximate surface area is 154 Å². The van der Waals surface area contributed by atoms with Crippen molar-refractivity contribution in [3.05, 3.63) is 0 Å². The first-order chi connectivity index (χ1) is 12.5. The summed E-state index contributed by atoms with van der Waals surface area (Å²) in [4.78, 5) is 16.7. The summed E-state index contributed by atoms with van der Waals surface area (Å²) in [7, 11) is 0. The zero-order chi connectivity index (χ0) is 19.4. The SMILES string of the molecule is NCCCCCCCCCCC(=O)NO[C@@H]1O[C@H](CO)[C@H](O)[C@H](O)[C@H]1O. The minimum absolute atomic E-state index is 0.282. The Balaban J connectivity index is 2.10. The van der Waals surface area contributed by atoms with Gasteiger partial charge in [0.2, 0.25) is 12.2 Å². The van der Waals surface area contributed by atoms with Crippen LogP contribution in [-0.4, -0.2) is 70.2 Å². The summed E-state index contributed by atoms with van der Waals surface area (Å²) in [6, 6.07) is 0. The standard InChI is InChI=1S/C17H34N2O7/c18-10-8-6-4-2-1-3-5-7-9-13(21)19-26-17-16(24)15(23)14(22)12(11-20)25-17/h12,14-17,20,22-24H,1-11,18H2,(H,19,21)/t12-,14+,15+,16-,17+/m1/s1. The minimum Gasteiger partial charge on any atom is -0.394 e. The first-order valence-electron chi connectivity index (χ1n) is 9.46. The van der Waals surface area contributed by atoms with Crippen LogP contribution >= 0.6 is 0 Å². The van der Waals surface area contributed by atoms with Crippen LogP contribution in [-0.2, 0) is 14.4 Å². The van der Waals surface area contributed by atoms with E-state index in [-0.39, 0.29) is 12.3 Å². The highest BCUT2D eigenvalue weighted by Gasteiger charge is 2.44. The molecular formula is C17H34N2O7. The van der Waals surface area contributed by atoms with Crippen molar-refractivity contribution in [3.63, 3.8) is 0 Å². The lowest BCUT2D eigenvalue weighted by atomic mass is 9.99. The van der Waals surface area contributed by atoms with E-state index in [1.165, 1.54) is 19.3 Å². The molecule has 1 aliphatic rings. The predicted molar refractivity (Wildman–Crippen MR) is 93.6 cm³/mol. The van der Waals surface area contributed by atoms with E-state index in [1.807, 2.05) is 0 Å². The van der Waals surface area contributed by atoms with E-state index in [2.05, 4.69) is 5.48 Å². The molecule has 5 atom stereocenters. The number of nitrogens with one attached hydrogen (secondary N) is 1. The summed E-state index contributed by atoms with van der Waals surface area (Å²) in [6.07, 6.45) is 1.86. The number of unbranched alkanes of at least 4 members (excludes halogenated alkanes) is 7. The second kappa shape index (κ2) is 13.4. The van der Waals surface area contributed by atoms with Gasteiger partial charge in [0.25, 0.3) is 0 Å². The smallest absolute Gasteiger partial charge is 0.243 e. The van der Waals surface area contributed by atoms with Crippen LogP contribution < -0.4 is 11.2 Å². The van der Waals surface area contributed by atoms with Crippen LogP contribution in [0.2, 0.25) is 0 Å². The number of amides is 1. The topological polar surface area (TPSA) is 154 Å². The number of hydrogen-bond acceptors (Lipinski definition) is 8. The zero-order valence-electron chi connectivity index (χ0n) is 15.3. The minimum atomic E-state index is -1.53. The molecule has 9 nitrogen and oxygen atoms in total. The molecule has 1 fully saturated rings. The van der Waals surface area contributed by atoms with Crippen molar-refractivity contribution >= 4 is 5.91 Å². The molecule has 1 amide bonds. The lowest BCUT2D eigenvalue weighted by molar-refractivity contribution is -0.313. The number of ether oxygens (including phenoxy) is 1. The van der Waals surface area contributed by atoms with Crippen molar-refractivity contribution in [2.45, 2.75) is 88.5 Å². The number of carbonyl (C=O) groups is 1.